The molecule has 0 radical (unpaired) electrons. The predicted molar refractivity (Wildman–Crippen MR) is 123 cm³/mol. The molecule has 146 valence electrons. The van der Waals surface area contributed by atoms with Crippen molar-refractivity contribution < 1.29 is 4.79 Å². The standard InChI is InChI=1S/C23H19ClN2OS2/c24-14-6-3-5-13(11-14)21(27)22-20(25)19-17-9-2-1-8-16(17)18(26-23(19)29-22)12-15-7-4-10-28-15/h3-7,10-11H,1-2,8-9,12,25H2. The first kappa shape index (κ1) is 18.8. The Morgan fingerprint density at radius 3 is 2.72 bits per heavy atom. The van der Waals surface area contributed by atoms with E-state index in [1.165, 1.54) is 33.8 Å². The number of anilines is 1. The molecule has 3 aromatic heterocycles. The van der Waals surface area contributed by atoms with E-state index in [0.717, 1.165) is 41.6 Å². The van der Waals surface area contributed by atoms with Crippen LogP contribution in [0.2, 0.25) is 5.02 Å². The Hall–Kier alpha value is -2.21. The van der Waals surface area contributed by atoms with Gasteiger partial charge in [0.25, 0.3) is 0 Å². The van der Waals surface area contributed by atoms with Crippen LogP contribution in [0.25, 0.3) is 10.2 Å². The zero-order chi connectivity index (χ0) is 20.0. The number of hydrogen-bond acceptors (Lipinski definition) is 5. The van der Waals surface area contributed by atoms with Crippen LogP contribution >= 0.6 is 34.3 Å². The van der Waals surface area contributed by atoms with Crippen molar-refractivity contribution in [1.82, 2.24) is 4.98 Å². The predicted octanol–water partition coefficient (Wildman–Crippen LogP) is 6.29. The van der Waals surface area contributed by atoms with E-state index in [9.17, 15) is 4.79 Å². The Kier molecular flexibility index (Phi) is 4.90. The second kappa shape index (κ2) is 7.56. The van der Waals surface area contributed by atoms with Crippen molar-refractivity contribution in [2.45, 2.75) is 32.1 Å². The molecule has 5 rings (SSSR count). The van der Waals surface area contributed by atoms with Crippen LogP contribution in [-0.2, 0) is 19.3 Å². The van der Waals surface area contributed by atoms with E-state index in [1.807, 2.05) is 0 Å². The number of carbonyl (C=O) groups is 1. The number of ketones is 1. The Morgan fingerprint density at radius 1 is 1.14 bits per heavy atom. The molecule has 4 aromatic rings. The fourth-order valence-corrected chi connectivity index (χ4v) is 6.15. The molecule has 29 heavy (non-hydrogen) atoms. The molecule has 1 aliphatic carbocycles. The van der Waals surface area contributed by atoms with Crippen molar-refractivity contribution in [3.63, 3.8) is 0 Å². The highest BCUT2D eigenvalue weighted by Crippen LogP contribution is 2.41. The smallest absolute Gasteiger partial charge is 0.205 e. The van der Waals surface area contributed by atoms with Gasteiger partial charge in [0.1, 0.15) is 9.71 Å². The quantitative estimate of drug-likeness (QED) is 0.380. The van der Waals surface area contributed by atoms with Gasteiger partial charge in [0.2, 0.25) is 5.78 Å². The van der Waals surface area contributed by atoms with Gasteiger partial charge in [-0.15, -0.1) is 22.7 Å². The summed E-state index contributed by atoms with van der Waals surface area (Å²) < 4.78 is 0. The third-order valence-corrected chi connectivity index (χ3v) is 7.71. The summed E-state index contributed by atoms with van der Waals surface area (Å²) in [5.74, 6) is -0.0858. The Labute approximate surface area is 182 Å². The molecule has 6 heteroatoms. The summed E-state index contributed by atoms with van der Waals surface area (Å²) in [6.45, 7) is 0. The summed E-state index contributed by atoms with van der Waals surface area (Å²) >= 11 is 9.25. The maximum absolute atomic E-state index is 13.1. The number of thiophene rings is 2. The SMILES string of the molecule is Nc1c(C(=O)c2cccc(Cl)c2)sc2nc(Cc3cccs3)c3c(c12)CCCC3. The van der Waals surface area contributed by atoms with Gasteiger partial charge in [0, 0.05) is 27.3 Å². The second-order valence-corrected chi connectivity index (χ2v) is 9.81. The minimum atomic E-state index is -0.0858. The van der Waals surface area contributed by atoms with Crippen molar-refractivity contribution >= 4 is 56.0 Å². The molecule has 1 aromatic carbocycles. The minimum absolute atomic E-state index is 0.0858. The zero-order valence-electron chi connectivity index (χ0n) is 15.7. The lowest BCUT2D eigenvalue weighted by molar-refractivity contribution is 0.104. The number of rotatable bonds is 4. The number of fused-ring (bicyclic) bond motifs is 3. The molecule has 1 aliphatic rings. The van der Waals surface area contributed by atoms with E-state index in [1.54, 1.807) is 35.6 Å². The molecule has 2 N–H and O–H groups in total. The van der Waals surface area contributed by atoms with Crippen molar-refractivity contribution in [3.8, 4) is 0 Å². The average Bonchev–Trinajstić information content (AvgIpc) is 3.35. The van der Waals surface area contributed by atoms with Gasteiger partial charge in [-0.2, -0.15) is 0 Å². The Bertz CT molecular complexity index is 1230. The van der Waals surface area contributed by atoms with Crippen LogP contribution in [0.1, 0.15) is 49.8 Å². The normalized spacial score (nSPS) is 13.6. The molecule has 0 atom stereocenters. The van der Waals surface area contributed by atoms with E-state index in [-0.39, 0.29) is 5.78 Å². The van der Waals surface area contributed by atoms with Crippen LogP contribution in [0.15, 0.2) is 41.8 Å². The van der Waals surface area contributed by atoms with E-state index >= 15 is 0 Å². The van der Waals surface area contributed by atoms with Gasteiger partial charge >= 0.3 is 0 Å². The number of halogens is 1. The van der Waals surface area contributed by atoms with Gasteiger partial charge in [0.05, 0.1) is 11.4 Å². The molecule has 0 spiro atoms. The van der Waals surface area contributed by atoms with Gasteiger partial charge in [-0.1, -0.05) is 29.8 Å². The molecule has 0 unspecified atom stereocenters. The highest BCUT2D eigenvalue weighted by molar-refractivity contribution is 7.21. The van der Waals surface area contributed by atoms with Crippen molar-refractivity contribution in [1.29, 1.82) is 0 Å². The fraction of sp³-hybridized carbons (Fsp3) is 0.217. The molecule has 0 saturated heterocycles. The maximum Gasteiger partial charge on any atom is 0.205 e. The van der Waals surface area contributed by atoms with Gasteiger partial charge in [-0.3, -0.25) is 4.79 Å². The van der Waals surface area contributed by atoms with Crippen molar-refractivity contribution in [2.75, 3.05) is 5.73 Å². The summed E-state index contributed by atoms with van der Waals surface area (Å²) in [6, 6.07) is 11.3. The number of hydrogen-bond donors (Lipinski definition) is 1. The lowest BCUT2D eigenvalue weighted by atomic mass is 9.87. The molecule has 3 heterocycles. The third kappa shape index (κ3) is 3.37. The average molecular weight is 439 g/mol. The first-order valence-electron chi connectivity index (χ1n) is 9.67. The van der Waals surface area contributed by atoms with Crippen LogP contribution in [0.5, 0.6) is 0 Å². The fourth-order valence-electron chi connectivity index (χ4n) is 4.15. The Morgan fingerprint density at radius 2 is 1.97 bits per heavy atom. The van der Waals surface area contributed by atoms with Crippen molar-refractivity contribution in [3.05, 3.63) is 78.9 Å². The molecular formula is C23H19ClN2OS2. The van der Waals surface area contributed by atoms with Crippen LogP contribution in [0.4, 0.5) is 5.69 Å². The Balaban J connectivity index is 1.67. The summed E-state index contributed by atoms with van der Waals surface area (Å²) in [5.41, 5.74) is 11.4. The van der Waals surface area contributed by atoms with E-state index in [0.29, 0.717) is 21.2 Å². The summed E-state index contributed by atoms with van der Waals surface area (Å²) in [6.07, 6.45) is 5.20. The van der Waals surface area contributed by atoms with E-state index < -0.39 is 0 Å². The van der Waals surface area contributed by atoms with Crippen LogP contribution in [0.3, 0.4) is 0 Å². The number of pyridine rings is 1. The van der Waals surface area contributed by atoms with Gasteiger partial charge < -0.3 is 5.73 Å². The lowest BCUT2D eigenvalue weighted by Gasteiger charge is -2.20. The second-order valence-electron chi connectivity index (χ2n) is 7.34. The molecule has 0 amide bonds. The lowest BCUT2D eigenvalue weighted by Crippen LogP contribution is -2.10. The highest BCUT2D eigenvalue weighted by atomic mass is 35.5. The number of benzene rings is 1. The molecule has 0 saturated carbocycles. The molecule has 0 fully saturated rings. The monoisotopic (exact) mass is 438 g/mol. The van der Waals surface area contributed by atoms with Crippen molar-refractivity contribution in [2.24, 2.45) is 0 Å². The molecule has 0 aliphatic heterocycles. The van der Waals surface area contributed by atoms with E-state index in [2.05, 4.69) is 17.5 Å². The molecule has 3 nitrogen and oxygen atoms in total. The molecular weight excluding hydrogens is 420 g/mol. The first-order chi connectivity index (χ1) is 14.1. The van der Waals surface area contributed by atoms with E-state index in [4.69, 9.17) is 22.3 Å². The topological polar surface area (TPSA) is 56.0 Å². The zero-order valence-corrected chi connectivity index (χ0v) is 18.1. The number of aromatic nitrogens is 1. The number of carbonyl (C=O) groups excluding carboxylic acids is 1. The summed E-state index contributed by atoms with van der Waals surface area (Å²) in [7, 11) is 0. The number of nitrogen functional groups attached to an aromatic ring is 1. The van der Waals surface area contributed by atoms with Gasteiger partial charge in [-0.25, -0.2) is 4.98 Å². The largest absolute Gasteiger partial charge is 0.397 e. The maximum atomic E-state index is 13.1. The first-order valence-corrected chi connectivity index (χ1v) is 11.7. The molecule has 0 bridgehead atoms. The number of nitrogens with zero attached hydrogens (tertiary/aromatic N) is 1. The number of nitrogens with two attached hydrogens (primary N) is 1. The van der Waals surface area contributed by atoms with Gasteiger partial charge in [0.15, 0.2) is 0 Å². The number of aryl methyl sites for hydroxylation is 1. The minimum Gasteiger partial charge on any atom is -0.397 e. The van der Waals surface area contributed by atoms with Crippen LogP contribution in [0, 0.1) is 0 Å². The van der Waals surface area contributed by atoms with Crippen LogP contribution in [-0.4, -0.2) is 10.8 Å². The highest BCUT2D eigenvalue weighted by Gasteiger charge is 2.25. The summed E-state index contributed by atoms with van der Waals surface area (Å²) in [5, 5.41) is 3.64. The summed E-state index contributed by atoms with van der Waals surface area (Å²) in [4.78, 5) is 20.9. The third-order valence-electron chi connectivity index (χ3n) is 5.50. The van der Waals surface area contributed by atoms with Gasteiger partial charge in [-0.05, 0) is 60.4 Å². The van der Waals surface area contributed by atoms with Crippen LogP contribution < -0.4 is 5.73 Å².